The fourth-order valence-electron chi connectivity index (χ4n) is 2.33. The summed E-state index contributed by atoms with van der Waals surface area (Å²) < 4.78 is 16.4. The van der Waals surface area contributed by atoms with E-state index in [1.54, 1.807) is 0 Å². The minimum Gasteiger partial charge on any atom is -0.483 e. The van der Waals surface area contributed by atoms with Crippen molar-refractivity contribution in [3.8, 4) is 5.75 Å². The maximum atomic E-state index is 12.0. The lowest BCUT2D eigenvalue weighted by molar-refractivity contribution is -0.118. The summed E-state index contributed by atoms with van der Waals surface area (Å²) in [7, 11) is 0. The number of hydrogen-bond acceptors (Lipinski definition) is 4. The van der Waals surface area contributed by atoms with E-state index >= 15 is 0 Å². The molecule has 120 valence electrons. The van der Waals surface area contributed by atoms with Gasteiger partial charge in [-0.2, -0.15) is 0 Å². The van der Waals surface area contributed by atoms with Gasteiger partial charge < -0.3 is 19.5 Å². The highest BCUT2D eigenvalue weighted by molar-refractivity contribution is 5.91. The minimum absolute atomic E-state index is 0.0263. The Morgan fingerprint density at radius 3 is 2.52 bits per heavy atom. The van der Waals surface area contributed by atoms with Crippen LogP contribution >= 0.6 is 0 Å². The van der Waals surface area contributed by atoms with E-state index in [1.165, 1.54) is 0 Å². The predicted octanol–water partition coefficient (Wildman–Crippen LogP) is 3.06. The van der Waals surface area contributed by atoms with Crippen molar-refractivity contribution >= 4 is 11.6 Å². The summed E-state index contributed by atoms with van der Waals surface area (Å²) in [4.78, 5) is 12.0. The van der Waals surface area contributed by atoms with Gasteiger partial charge in [-0.15, -0.1) is 0 Å². The zero-order valence-electron chi connectivity index (χ0n) is 13.0. The van der Waals surface area contributed by atoms with Crippen molar-refractivity contribution in [2.75, 3.05) is 25.1 Å². The molecule has 5 heteroatoms. The summed E-state index contributed by atoms with van der Waals surface area (Å²) in [6.07, 6.45) is -0.302. The second-order valence-corrected chi connectivity index (χ2v) is 5.30. The van der Waals surface area contributed by atoms with Gasteiger partial charge in [-0.1, -0.05) is 30.3 Å². The van der Waals surface area contributed by atoms with E-state index < -0.39 is 0 Å². The van der Waals surface area contributed by atoms with Gasteiger partial charge in [-0.25, -0.2) is 0 Å². The van der Waals surface area contributed by atoms with E-state index in [1.807, 2.05) is 55.5 Å². The summed E-state index contributed by atoms with van der Waals surface area (Å²) >= 11 is 0. The third-order valence-electron chi connectivity index (χ3n) is 3.54. The van der Waals surface area contributed by atoms with E-state index in [9.17, 15) is 4.79 Å². The Hall–Kier alpha value is -2.37. The second kappa shape index (κ2) is 7.26. The fourth-order valence-corrected chi connectivity index (χ4v) is 2.33. The molecule has 1 amide bonds. The van der Waals surface area contributed by atoms with Crippen molar-refractivity contribution in [2.24, 2.45) is 0 Å². The third-order valence-corrected chi connectivity index (χ3v) is 3.54. The number of rotatable bonds is 5. The van der Waals surface area contributed by atoms with Gasteiger partial charge in [0.05, 0.1) is 13.2 Å². The Morgan fingerprint density at radius 1 is 1.13 bits per heavy atom. The number of anilines is 1. The monoisotopic (exact) mass is 313 g/mol. The van der Waals surface area contributed by atoms with Gasteiger partial charge in [0.15, 0.2) is 12.9 Å². The topological polar surface area (TPSA) is 56.8 Å². The Morgan fingerprint density at radius 2 is 1.83 bits per heavy atom. The van der Waals surface area contributed by atoms with E-state index in [4.69, 9.17) is 14.2 Å². The zero-order chi connectivity index (χ0) is 16.1. The number of hydrogen-bond donors (Lipinski definition) is 1. The number of carbonyl (C=O) groups excluding carboxylic acids is 1. The highest BCUT2D eigenvalue weighted by Gasteiger charge is 2.17. The van der Waals surface area contributed by atoms with Crippen molar-refractivity contribution in [1.82, 2.24) is 0 Å². The van der Waals surface area contributed by atoms with Crippen molar-refractivity contribution in [3.05, 3.63) is 59.7 Å². The molecule has 0 atom stereocenters. The molecule has 1 saturated heterocycles. The van der Waals surface area contributed by atoms with Gasteiger partial charge in [0.1, 0.15) is 5.75 Å². The molecule has 0 unspecified atom stereocenters. The van der Waals surface area contributed by atoms with Crippen molar-refractivity contribution in [2.45, 2.75) is 13.2 Å². The molecule has 0 spiro atoms. The Labute approximate surface area is 135 Å². The molecular weight excluding hydrogens is 294 g/mol. The van der Waals surface area contributed by atoms with Crippen LogP contribution < -0.4 is 10.1 Å². The molecule has 1 heterocycles. The Balaban J connectivity index is 1.52. The number of amides is 1. The molecule has 0 radical (unpaired) electrons. The van der Waals surface area contributed by atoms with Crippen LogP contribution in [0.5, 0.6) is 5.75 Å². The molecule has 0 aliphatic carbocycles. The first-order valence-electron chi connectivity index (χ1n) is 7.54. The minimum atomic E-state index is -0.302. The van der Waals surface area contributed by atoms with Crippen LogP contribution in [0.1, 0.15) is 17.4 Å². The molecule has 2 aromatic carbocycles. The molecule has 1 N–H and O–H groups in total. The molecule has 1 aliphatic heterocycles. The lowest BCUT2D eigenvalue weighted by Crippen LogP contribution is -2.20. The first kappa shape index (κ1) is 15.5. The van der Waals surface area contributed by atoms with Gasteiger partial charge in [0.2, 0.25) is 0 Å². The number of para-hydroxylation sites is 1. The fraction of sp³-hybridized carbons (Fsp3) is 0.278. The lowest BCUT2D eigenvalue weighted by atomic mass is 10.2. The van der Waals surface area contributed by atoms with Gasteiger partial charge >= 0.3 is 0 Å². The van der Waals surface area contributed by atoms with Crippen LogP contribution in [0.15, 0.2) is 48.5 Å². The molecule has 1 aliphatic rings. The van der Waals surface area contributed by atoms with Crippen molar-refractivity contribution < 1.29 is 19.0 Å². The summed E-state index contributed by atoms with van der Waals surface area (Å²) in [5, 5.41) is 2.80. The third kappa shape index (κ3) is 4.09. The standard InChI is InChI=1S/C18H19NO4/c1-13-4-2-3-5-16(13)23-12-17(20)19-15-8-6-14(7-9-15)18-21-10-11-22-18/h2-9,18H,10-12H2,1H3,(H,19,20). The molecule has 23 heavy (non-hydrogen) atoms. The predicted molar refractivity (Wildman–Crippen MR) is 86.4 cm³/mol. The van der Waals surface area contributed by atoms with Crippen LogP contribution in [0.25, 0.3) is 0 Å². The number of benzene rings is 2. The smallest absolute Gasteiger partial charge is 0.262 e. The molecular formula is C18H19NO4. The van der Waals surface area contributed by atoms with E-state index in [0.29, 0.717) is 24.7 Å². The van der Waals surface area contributed by atoms with Crippen molar-refractivity contribution in [1.29, 1.82) is 0 Å². The van der Waals surface area contributed by atoms with Gasteiger partial charge in [-0.3, -0.25) is 4.79 Å². The Kier molecular flexibility index (Phi) is 4.90. The summed E-state index contributed by atoms with van der Waals surface area (Å²) in [5.74, 6) is 0.517. The normalized spacial score (nSPS) is 14.7. The number of aryl methyl sites for hydroxylation is 1. The second-order valence-electron chi connectivity index (χ2n) is 5.30. The van der Waals surface area contributed by atoms with Gasteiger partial charge in [0, 0.05) is 11.3 Å². The maximum Gasteiger partial charge on any atom is 0.262 e. The Bertz CT molecular complexity index is 663. The number of ether oxygens (including phenoxy) is 3. The van der Waals surface area contributed by atoms with E-state index in [0.717, 1.165) is 11.1 Å². The van der Waals surface area contributed by atoms with Crippen LogP contribution in [0.4, 0.5) is 5.69 Å². The first-order valence-corrected chi connectivity index (χ1v) is 7.54. The molecule has 0 bridgehead atoms. The molecule has 0 saturated carbocycles. The molecule has 0 aromatic heterocycles. The van der Waals surface area contributed by atoms with Crippen LogP contribution in [0.3, 0.4) is 0 Å². The highest BCUT2D eigenvalue weighted by Crippen LogP contribution is 2.24. The summed E-state index contributed by atoms with van der Waals surface area (Å²) in [5.41, 5.74) is 2.66. The average molecular weight is 313 g/mol. The van der Waals surface area contributed by atoms with Gasteiger partial charge in [-0.05, 0) is 30.7 Å². The van der Waals surface area contributed by atoms with Gasteiger partial charge in [0.25, 0.3) is 5.91 Å². The molecule has 1 fully saturated rings. The summed E-state index contributed by atoms with van der Waals surface area (Å²) in [6.45, 7) is 3.14. The maximum absolute atomic E-state index is 12.0. The lowest BCUT2D eigenvalue weighted by Gasteiger charge is -2.11. The average Bonchev–Trinajstić information content (AvgIpc) is 3.09. The van der Waals surface area contributed by atoms with E-state index in [2.05, 4.69) is 5.32 Å². The van der Waals surface area contributed by atoms with Crippen LogP contribution in [0.2, 0.25) is 0 Å². The first-order chi connectivity index (χ1) is 11.2. The molecule has 2 aromatic rings. The summed E-state index contributed by atoms with van der Waals surface area (Å²) in [6, 6.07) is 15.0. The quantitative estimate of drug-likeness (QED) is 0.922. The van der Waals surface area contributed by atoms with Crippen LogP contribution in [-0.2, 0) is 14.3 Å². The molecule has 5 nitrogen and oxygen atoms in total. The zero-order valence-corrected chi connectivity index (χ0v) is 13.0. The van der Waals surface area contributed by atoms with Crippen molar-refractivity contribution in [3.63, 3.8) is 0 Å². The van der Waals surface area contributed by atoms with Crippen LogP contribution in [0, 0.1) is 6.92 Å². The number of nitrogens with one attached hydrogen (secondary N) is 1. The van der Waals surface area contributed by atoms with Crippen LogP contribution in [-0.4, -0.2) is 25.7 Å². The number of carbonyl (C=O) groups is 1. The SMILES string of the molecule is Cc1ccccc1OCC(=O)Nc1ccc(C2OCCO2)cc1. The molecule has 3 rings (SSSR count). The van der Waals surface area contributed by atoms with E-state index in [-0.39, 0.29) is 18.8 Å². The highest BCUT2D eigenvalue weighted by atomic mass is 16.7. The largest absolute Gasteiger partial charge is 0.483 e.